The number of amides is 2. The highest BCUT2D eigenvalue weighted by atomic mass is 32.2. The number of ether oxygens (including phenoxy) is 1. The van der Waals surface area contributed by atoms with Crippen LogP contribution in [0.25, 0.3) is 11.5 Å². The molecule has 9 heteroatoms. The SMILES string of the molecule is CCOc1ccc(-c2nnc(SCC(=O)NCC(=O)N(C)C)o2)cc1. The van der Waals surface area contributed by atoms with Crippen LogP contribution >= 0.6 is 11.8 Å². The number of likely N-dealkylation sites (N-methyl/N-ethyl adjacent to an activating group) is 1. The minimum absolute atomic E-state index is 0.0341. The molecule has 1 aromatic heterocycles. The molecule has 2 rings (SSSR count). The Labute approximate surface area is 149 Å². The molecule has 1 aromatic carbocycles. The molecule has 0 spiro atoms. The molecule has 0 fully saturated rings. The highest BCUT2D eigenvalue weighted by Gasteiger charge is 2.12. The smallest absolute Gasteiger partial charge is 0.277 e. The van der Waals surface area contributed by atoms with Crippen LogP contribution in [0.4, 0.5) is 0 Å². The van der Waals surface area contributed by atoms with Crippen molar-refractivity contribution in [2.24, 2.45) is 0 Å². The zero-order valence-electron chi connectivity index (χ0n) is 14.3. The van der Waals surface area contributed by atoms with E-state index >= 15 is 0 Å². The third-order valence-corrected chi connectivity index (χ3v) is 3.90. The van der Waals surface area contributed by atoms with Crippen molar-refractivity contribution in [2.45, 2.75) is 12.1 Å². The number of benzene rings is 1. The van der Waals surface area contributed by atoms with Crippen LogP contribution in [0.2, 0.25) is 0 Å². The number of aromatic nitrogens is 2. The molecule has 0 aliphatic heterocycles. The zero-order chi connectivity index (χ0) is 18.2. The van der Waals surface area contributed by atoms with E-state index in [0.29, 0.717) is 12.5 Å². The van der Waals surface area contributed by atoms with Gasteiger partial charge in [-0.3, -0.25) is 9.59 Å². The highest BCUT2D eigenvalue weighted by Crippen LogP contribution is 2.24. The predicted octanol–water partition coefficient (Wildman–Crippen LogP) is 1.43. The Kier molecular flexibility index (Phi) is 6.81. The topological polar surface area (TPSA) is 97.6 Å². The van der Waals surface area contributed by atoms with Crippen LogP contribution in [-0.4, -0.2) is 59.9 Å². The van der Waals surface area contributed by atoms with Gasteiger partial charge in [-0.05, 0) is 31.2 Å². The van der Waals surface area contributed by atoms with Crippen LogP contribution in [0.15, 0.2) is 33.9 Å². The molecular weight excluding hydrogens is 344 g/mol. The summed E-state index contributed by atoms with van der Waals surface area (Å²) in [5.74, 6) is 0.777. The first kappa shape index (κ1) is 18.8. The maximum atomic E-state index is 11.7. The van der Waals surface area contributed by atoms with Gasteiger partial charge in [-0.15, -0.1) is 10.2 Å². The molecule has 134 valence electrons. The summed E-state index contributed by atoms with van der Waals surface area (Å²) >= 11 is 1.11. The van der Waals surface area contributed by atoms with E-state index in [0.717, 1.165) is 23.1 Å². The van der Waals surface area contributed by atoms with Gasteiger partial charge in [0.1, 0.15) is 5.75 Å². The minimum atomic E-state index is -0.277. The molecule has 2 amide bonds. The van der Waals surface area contributed by atoms with Gasteiger partial charge in [-0.1, -0.05) is 11.8 Å². The molecule has 0 aliphatic carbocycles. The number of hydrogen-bond donors (Lipinski definition) is 1. The molecule has 0 radical (unpaired) electrons. The van der Waals surface area contributed by atoms with Gasteiger partial charge in [0, 0.05) is 19.7 Å². The first-order valence-electron chi connectivity index (χ1n) is 7.66. The molecule has 25 heavy (non-hydrogen) atoms. The molecule has 8 nitrogen and oxygen atoms in total. The molecule has 2 aromatic rings. The Morgan fingerprint density at radius 3 is 2.60 bits per heavy atom. The molecule has 0 unspecified atom stereocenters. The fourth-order valence-electron chi connectivity index (χ4n) is 1.76. The van der Waals surface area contributed by atoms with E-state index in [2.05, 4.69) is 15.5 Å². The van der Waals surface area contributed by atoms with Crippen molar-refractivity contribution in [2.75, 3.05) is 33.0 Å². The van der Waals surface area contributed by atoms with E-state index in [4.69, 9.17) is 9.15 Å². The number of thioether (sulfide) groups is 1. The van der Waals surface area contributed by atoms with Gasteiger partial charge < -0.3 is 19.4 Å². The number of carbonyl (C=O) groups is 2. The van der Waals surface area contributed by atoms with Gasteiger partial charge in [0.25, 0.3) is 5.22 Å². The van der Waals surface area contributed by atoms with Crippen molar-refractivity contribution in [3.05, 3.63) is 24.3 Å². The van der Waals surface area contributed by atoms with Gasteiger partial charge in [0.2, 0.25) is 17.7 Å². The summed E-state index contributed by atoms with van der Waals surface area (Å²) in [6.45, 7) is 2.48. The summed E-state index contributed by atoms with van der Waals surface area (Å²) in [6, 6.07) is 7.30. The first-order chi connectivity index (χ1) is 12.0. The van der Waals surface area contributed by atoms with Crippen molar-refractivity contribution < 1.29 is 18.7 Å². The number of hydrogen-bond acceptors (Lipinski definition) is 7. The average molecular weight is 364 g/mol. The lowest BCUT2D eigenvalue weighted by molar-refractivity contribution is -0.130. The van der Waals surface area contributed by atoms with Gasteiger partial charge >= 0.3 is 0 Å². The third kappa shape index (κ3) is 5.79. The maximum absolute atomic E-state index is 11.7. The van der Waals surface area contributed by atoms with Crippen molar-refractivity contribution in [3.63, 3.8) is 0 Å². The summed E-state index contributed by atoms with van der Waals surface area (Å²) in [4.78, 5) is 24.5. The Bertz CT molecular complexity index is 715. The van der Waals surface area contributed by atoms with Gasteiger partial charge in [0.05, 0.1) is 18.9 Å². The summed E-state index contributed by atoms with van der Waals surface area (Å²) < 4.78 is 10.9. The van der Waals surface area contributed by atoms with Crippen LogP contribution in [0.5, 0.6) is 5.75 Å². The lowest BCUT2D eigenvalue weighted by Gasteiger charge is -2.10. The molecule has 0 saturated heterocycles. The maximum Gasteiger partial charge on any atom is 0.277 e. The molecule has 0 saturated carbocycles. The first-order valence-corrected chi connectivity index (χ1v) is 8.64. The van der Waals surface area contributed by atoms with Gasteiger partial charge in [-0.25, -0.2) is 0 Å². The van der Waals surface area contributed by atoms with Crippen LogP contribution in [-0.2, 0) is 9.59 Å². The Morgan fingerprint density at radius 1 is 1.24 bits per heavy atom. The molecular formula is C16H20N4O4S. The van der Waals surface area contributed by atoms with E-state index in [9.17, 15) is 9.59 Å². The molecule has 0 aliphatic rings. The van der Waals surface area contributed by atoms with Gasteiger partial charge in [-0.2, -0.15) is 0 Å². The quantitative estimate of drug-likeness (QED) is 0.708. The normalized spacial score (nSPS) is 10.4. The molecule has 1 heterocycles. The predicted molar refractivity (Wildman–Crippen MR) is 93.3 cm³/mol. The fraction of sp³-hybridized carbons (Fsp3) is 0.375. The van der Waals surface area contributed by atoms with Crippen molar-refractivity contribution >= 4 is 23.6 Å². The lowest BCUT2D eigenvalue weighted by atomic mass is 10.2. The monoisotopic (exact) mass is 364 g/mol. The van der Waals surface area contributed by atoms with Crippen molar-refractivity contribution in [1.82, 2.24) is 20.4 Å². The Morgan fingerprint density at radius 2 is 1.96 bits per heavy atom. The fourth-order valence-corrected chi connectivity index (χ4v) is 2.35. The van der Waals surface area contributed by atoms with E-state index in [1.165, 1.54) is 4.90 Å². The molecule has 0 bridgehead atoms. The van der Waals surface area contributed by atoms with Crippen LogP contribution in [0.3, 0.4) is 0 Å². The number of nitrogens with one attached hydrogen (secondary N) is 1. The lowest BCUT2D eigenvalue weighted by Crippen LogP contribution is -2.36. The standard InChI is InChI=1S/C16H20N4O4S/c1-4-23-12-7-5-11(6-8-12)15-18-19-16(24-15)25-10-13(21)17-9-14(22)20(2)3/h5-8H,4,9-10H2,1-3H3,(H,17,21). The number of carbonyl (C=O) groups excluding carboxylic acids is 2. The summed E-state index contributed by atoms with van der Waals surface area (Å²) in [6.07, 6.45) is 0. The van der Waals surface area contributed by atoms with E-state index < -0.39 is 0 Å². The van der Waals surface area contributed by atoms with Crippen LogP contribution in [0.1, 0.15) is 6.92 Å². The zero-order valence-corrected chi connectivity index (χ0v) is 15.1. The number of rotatable bonds is 8. The molecule has 1 N–H and O–H groups in total. The van der Waals surface area contributed by atoms with E-state index in [-0.39, 0.29) is 29.3 Å². The summed E-state index contributed by atoms with van der Waals surface area (Å²) in [7, 11) is 3.26. The molecule has 0 atom stereocenters. The third-order valence-electron chi connectivity index (χ3n) is 3.08. The Hall–Kier alpha value is -2.55. The Balaban J connectivity index is 1.84. The van der Waals surface area contributed by atoms with Crippen molar-refractivity contribution in [1.29, 1.82) is 0 Å². The largest absolute Gasteiger partial charge is 0.494 e. The van der Waals surface area contributed by atoms with Crippen molar-refractivity contribution in [3.8, 4) is 17.2 Å². The summed E-state index contributed by atoms with van der Waals surface area (Å²) in [5.41, 5.74) is 0.767. The van der Waals surface area contributed by atoms with Gasteiger partial charge in [0.15, 0.2) is 0 Å². The number of nitrogens with zero attached hydrogens (tertiary/aromatic N) is 3. The van der Waals surface area contributed by atoms with E-state index in [1.54, 1.807) is 14.1 Å². The highest BCUT2D eigenvalue weighted by molar-refractivity contribution is 7.99. The second kappa shape index (κ2) is 9.07. The minimum Gasteiger partial charge on any atom is -0.494 e. The van der Waals surface area contributed by atoms with Crippen LogP contribution < -0.4 is 10.1 Å². The second-order valence-corrected chi connectivity index (χ2v) is 6.11. The van der Waals surface area contributed by atoms with Crippen LogP contribution in [0, 0.1) is 0 Å². The summed E-state index contributed by atoms with van der Waals surface area (Å²) in [5, 5.41) is 10.7. The average Bonchev–Trinajstić information content (AvgIpc) is 3.07. The van der Waals surface area contributed by atoms with E-state index in [1.807, 2.05) is 31.2 Å². The second-order valence-electron chi connectivity index (χ2n) is 5.18.